The van der Waals surface area contributed by atoms with Gasteiger partial charge in [0.25, 0.3) is 5.91 Å². The van der Waals surface area contributed by atoms with Crippen LogP contribution in [0.2, 0.25) is 0 Å². The summed E-state index contributed by atoms with van der Waals surface area (Å²) in [6.45, 7) is 1.80. The number of carbonyl (C=O) groups is 2. The second-order valence-electron chi connectivity index (χ2n) is 5.22. The van der Waals surface area contributed by atoms with Crippen molar-refractivity contribution in [2.24, 2.45) is 0 Å². The number of benzene rings is 1. The van der Waals surface area contributed by atoms with Crippen LogP contribution < -0.4 is 5.32 Å². The summed E-state index contributed by atoms with van der Waals surface area (Å²) < 4.78 is 6.34. The SMILES string of the molecule is CCOC(=O)c1cnn(-c2ccccc2)c1NC(=O)c1cc([N+](=O)[O-])[nH]n1. The Morgan fingerprint density at radius 3 is 2.70 bits per heavy atom. The van der Waals surface area contributed by atoms with E-state index >= 15 is 0 Å². The van der Waals surface area contributed by atoms with Gasteiger partial charge in [-0.25, -0.2) is 9.48 Å². The molecular formula is C16H14N6O5. The molecule has 0 saturated heterocycles. The van der Waals surface area contributed by atoms with Crippen molar-refractivity contribution in [1.29, 1.82) is 0 Å². The lowest BCUT2D eigenvalue weighted by atomic mass is 10.3. The molecule has 2 N–H and O–H groups in total. The van der Waals surface area contributed by atoms with Crippen molar-refractivity contribution < 1.29 is 19.2 Å². The summed E-state index contributed by atoms with van der Waals surface area (Å²) >= 11 is 0. The molecule has 0 aliphatic heterocycles. The smallest absolute Gasteiger partial charge is 0.343 e. The number of anilines is 1. The number of esters is 1. The van der Waals surface area contributed by atoms with Crippen LogP contribution in [0.1, 0.15) is 27.8 Å². The molecule has 0 unspecified atom stereocenters. The predicted molar refractivity (Wildman–Crippen MR) is 92.7 cm³/mol. The third-order valence-corrected chi connectivity index (χ3v) is 3.49. The minimum Gasteiger partial charge on any atom is -0.462 e. The number of carbonyl (C=O) groups excluding carboxylic acids is 2. The minimum absolute atomic E-state index is 0.0408. The molecule has 0 saturated carbocycles. The van der Waals surface area contributed by atoms with Crippen LogP contribution in [0.4, 0.5) is 11.6 Å². The molecule has 0 spiro atoms. The zero-order valence-electron chi connectivity index (χ0n) is 14.1. The van der Waals surface area contributed by atoms with E-state index in [-0.39, 0.29) is 23.7 Å². The number of H-pyrrole nitrogens is 1. The Labute approximate surface area is 152 Å². The van der Waals surface area contributed by atoms with Gasteiger partial charge >= 0.3 is 11.8 Å². The highest BCUT2D eigenvalue weighted by atomic mass is 16.6. The van der Waals surface area contributed by atoms with Crippen LogP contribution in [0.25, 0.3) is 5.69 Å². The number of aromatic amines is 1. The van der Waals surface area contributed by atoms with Crippen molar-refractivity contribution in [3.05, 3.63) is 64.0 Å². The number of para-hydroxylation sites is 1. The topological polar surface area (TPSA) is 145 Å². The number of hydrogen-bond acceptors (Lipinski definition) is 7. The van der Waals surface area contributed by atoms with E-state index in [1.165, 1.54) is 10.9 Å². The quantitative estimate of drug-likeness (QED) is 0.383. The van der Waals surface area contributed by atoms with Crippen LogP contribution in [-0.2, 0) is 4.74 Å². The summed E-state index contributed by atoms with van der Waals surface area (Å²) in [5.41, 5.74) is 0.424. The molecule has 2 heterocycles. The number of nitrogens with zero attached hydrogens (tertiary/aromatic N) is 4. The highest BCUT2D eigenvalue weighted by molar-refractivity contribution is 6.06. The summed E-state index contributed by atoms with van der Waals surface area (Å²) in [7, 11) is 0. The normalized spacial score (nSPS) is 10.4. The van der Waals surface area contributed by atoms with Gasteiger partial charge in [0, 0.05) is 0 Å². The number of nitrogens with one attached hydrogen (secondary N) is 2. The van der Waals surface area contributed by atoms with Gasteiger partial charge in [-0.1, -0.05) is 23.3 Å². The van der Waals surface area contributed by atoms with Crippen molar-refractivity contribution in [3.63, 3.8) is 0 Å². The Hall–Kier alpha value is -4.02. The van der Waals surface area contributed by atoms with Crippen molar-refractivity contribution >= 4 is 23.5 Å². The van der Waals surface area contributed by atoms with Gasteiger partial charge in [0.2, 0.25) is 0 Å². The Balaban J connectivity index is 1.98. The standard InChI is InChI=1S/C16H14N6O5/c1-2-27-16(24)11-9-17-21(10-6-4-3-5-7-10)14(11)18-15(23)12-8-13(20-19-12)22(25)26/h3-9H,2H2,1H3,(H,18,23)(H,19,20). The molecule has 2 aromatic heterocycles. The molecule has 0 aliphatic rings. The van der Waals surface area contributed by atoms with E-state index in [0.29, 0.717) is 5.69 Å². The molecule has 11 heteroatoms. The van der Waals surface area contributed by atoms with Crippen molar-refractivity contribution in [2.75, 3.05) is 11.9 Å². The van der Waals surface area contributed by atoms with Crippen LogP contribution in [0, 0.1) is 10.1 Å². The Kier molecular flexibility index (Phi) is 4.92. The van der Waals surface area contributed by atoms with Gasteiger partial charge in [-0.05, 0) is 24.0 Å². The first-order valence-corrected chi connectivity index (χ1v) is 7.83. The van der Waals surface area contributed by atoms with Crippen LogP contribution in [0.3, 0.4) is 0 Å². The monoisotopic (exact) mass is 370 g/mol. The molecule has 1 aromatic carbocycles. The molecule has 0 bridgehead atoms. The van der Waals surface area contributed by atoms with Gasteiger partial charge in [0.05, 0.1) is 24.6 Å². The first kappa shape index (κ1) is 17.8. The maximum absolute atomic E-state index is 12.5. The molecule has 11 nitrogen and oxygen atoms in total. The minimum atomic E-state index is -0.748. The summed E-state index contributed by atoms with van der Waals surface area (Å²) in [6.07, 6.45) is 1.27. The van der Waals surface area contributed by atoms with Crippen molar-refractivity contribution in [3.8, 4) is 5.69 Å². The van der Waals surface area contributed by atoms with E-state index in [1.54, 1.807) is 37.3 Å². The van der Waals surface area contributed by atoms with Gasteiger partial charge in [0.15, 0.2) is 11.5 Å². The van der Waals surface area contributed by atoms with Crippen LogP contribution >= 0.6 is 0 Å². The number of nitro groups is 1. The van der Waals surface area contributed by atoms with E-state index < -0.39 is 22.6 Å². The van der Waals surface area contributed by atoms with E-state index in [2.05, 4.69) is 20.6 Å². The van der Waals surface area contributed by atoms with Gasteiger partial charge < -0.3 is 20.2 Å². The third kappa shape index (κ3) is 3.66. The predicted octanol–water partition coefficient (Wildman–Crippen LogP) is 1.93. The fourth-order valence-electron chi connectivity index (χ4n) is 2.28. The molecule has 0 atom stereocenters. The number of ether oxygens (including phenoxy) is 1. The zero-order chi connectivity index (χ0) is 19.4. The van der Waals surface area contributed by atoms with E-state index in [1.807, 2.05) is 0 Å². The maximum atomic E-state index is 12.5. The third-order valence-electron chi connectivity index (χ3n) is 3.49. The fourth-order valence-corrected chi connectivity index (χ4v) is 2.28. The number of hydrogen-bond donors (Lipinski definition) is 2. The fraction of sp³-hybridized carbons (Fsp3) is 0.125. The molecule has 3 rings (SSSR count). The Morgan fingerprint density at radius 1 is 1.33 bits per heavy atom. The average molecular weight is 370 g/mol. The molecule has 138 valence electrons. The highest BCUT2D eigenvalue weighted by Gasteiger charge is 2.24. The lowest BCUT2D eigenvalue weighted by Gasteiger charge is -2.10. The molecular weight excluding hydrogens is 356 g/mol. The van der Waals surface area contributed by atoms with Gasteiger partial charge in [-0.3, -0.25) is 4.79 Å². The summed E-state index contributed by atoms with van der Waals surface area (Å²) in [4.78, 5) is 34.7. The van der Waals surface area contributed by atoms with Gasteiger partial charge in [0.1, 0.15) is 5.56 Å². The number of amides is 1. The van der Waals surface area contributed by atoms with Crippen LogP contribution in [0.5, 0.6) is 0 Å². The van der Waals surface area contributed by atoms with E-state index in [9.17, 15) is 19.7 Å². The first-order valence-electron chi connectivity index (χ1n) is 7.83. The largest absolute Gasteiger partial charge is 0.462 e. The van der Waals surface area contributed by atoms with E-state index in [0.717, 1.165) is 6.07 Å². The average Bonchev–Trinajstić information content (AvgIpc) is 3.30. The molecule has 0 radical (unpaired) electrons. The number of rotatable bonds is 6. The summed E-state index contributed by atoms with van der Waals surface area (Å²) in [6, 6.07) is 9.80. The van der Waals surface area contributed by atoms with E-state index in [4.69, 9.17) is 4.74 Å². The Bertz CT molecular complexity index is 994. The molecule has 1 amide bonds. The maximum Gasteiger partial charge on any atom is 0.343 e. The summed E-state index contributed by atoms with van der Waals surface area (Å²) in [5.74, 6) is -1.77. The number of aromatic nitrogens is 4. The first-order chi connectivity index (χ1) is 13.0. The van der Waals surface area contributed by atoms with Gasteiger partial charge in [-0.2, -0.15) is 5.10 Å². The lowest BCUT2D eigenvalue weighted by Crippen LogP contribution is -2.18. The summed E-state index contributed by atoms with van der Waals surface area (Å²) in [5, 5.41) is 23.1. The Morgan fingerprint density at radius 2 is 2.07 bits per heavy atom. The lowest BCUT2D eigenvalue weighted by molar-refractivity contribution is -0.389. The molecule has 27 heavy (non-hydrogen) atoms. The van der Waals surface area contributed by atoms with Crippen molar-refractivity contribution in [2.45, 2.75) is 6.92 Å². The van der Waals surface area contributed by atoms with Crippen molar-refractivity contribution in [1.82, 2.24) is 20.0 Å². The van der Waals surface area contributed by atoms with Gasteiger partial charge in [-0.15, -0.1) is 5.10 Å². The molecule has 3 aromatic rings. The van der Waals surface area contributed by atoms with Crippen LogP contribution in [-0.4, -0.2) is 43.4 Å². The molecule has 0 aliphatic carbocycles. The second-order valence-corrected chi connectivity index (χ2v) is 5.22. The van der Waals surface area contributed by atoms with Crippen LogP contribution in [0.15, 0.2) is 42.6 Å². The zero-order valence-corrected chi connectivity index (χ0v) is 14.1. The highest BCUT2D eigenvalue weighted by Crippen LogP contribution is 2.22. The second kappa shape index (κ2) is 7.47. The molecule has 0 fully saturated rings.